The standard InChI is InChI=1S/C17H21N3O/c1-3-14(2)19-11-9-17(10-12-19)16(21)18-13-20(17)15-7-5-4-6-8-15/h1,4-8,14H,9-13H2,2H3,(H,18,21)/t14-/m1/s1. The number of hydrogen-bond acceptors (Lipinski definition) is 3. The Morgan fingerprint density at radius 1 is 1.29 bits per heavy atom. The summed E-state index contributed by atoms with van der Waals surface area (Å²) in [6, 6.07) is 10.3. The Bertz CT molecular complexity index is 555. The number of para-hydroxylation sites is 1. The van der Waals surface area contributed by atoms with E-state index in [4.69, 9.17) is 6.42 Å². The van der Waals surface area contributed by atoms with Gasteiger partial charge < -0.3 is 10.2 Å². The predicted octanol–water partition coefficient (Wildman–Crippen LogP) is 1.44. The summed E-state index contributed by atoms with van der Waals surface area (Å²) in [5.74, 6) is 2.93. The maximum Gasteiger partial charge on any atom is 0.247 e. The zero-order chi connectivity index (χ0) is 14.9. The first-order chi connectivity index (χ1) is 10.2. The van der Waals surface area contributed by atoms with Crippen LogP contribution in [0, 0.1) is 12.3 Å². The number of nitrogens with zero attached hydrogens (tertiary/aromatic N) is 2. The first-order valence-corrected chi connectivity index (χ1v) is 7.48. The second-order valence-corrected chi connectivity index (χ2v) is 5.84. The molecule has 1 N–H and O–H groups in total. The smallest absolute Gasteiger partial charge is 0.247 e. The Kier molecular flexibility index (Phi) is 3.60. The van der Waals surface area contributed by atoms with E-state index in [-0.39, 0.29) is 11.9 Å². The van der Waals surface area contributed by atoms with E-state index in [1.807, 2.05) is 25.1 Å². The van der Waals surface area contributed by atoms with Crippen molar-refractivity contribution in [3.8, 4) is 12.3 Å². The molecule has 2 fully saturated rings. The molecule has 0 radical (unpaired) electrons. The van der Waals surface area contributed by atoms with Gasteiger partial charge in [-0.1, -0.05) is 24.1 Å². The van der Waals surface area contributed by atoms with E-state index in [0.717, 1.165) is 31.6 Å². The van der Waals surface area contributed by atoms with E-state index >= 15 is 0 Å². The molecule has 0 aromatic heterocycles. The summed E-state index contributed by atoms with van der Waals surface area (Å²) in [4.78, 5) is 17.0. The van der Waals surface area contributed by atoms with Crippen molar-refractivity contribution in [2.75, 3.05) is 24.7 Å². The Morgan fingerprint density at radius 3 is 2.57 bits per heavy atom. The van der Waals surface area contributed by atoms with Crippen LogP contribution >= 0.6 is 0 Å². The van der Waals surface area contributed by atoms with Crippen molar-refractivity contribution >= 4 is 11.6 Å². The van der Waals surface area contributed by atoms with Gasteiger partial charge in [0.1, 0.15) is 5.54 Å². The Hall–Kier alpha value is -1.99. The van der Waals surface area contributed by atoms with E-state index in [1.165, 1.54) is 0 Å². The van der Waals surface area contributed by atoms with Gasteiger partial charge in [0.15, 0.2) is 0 Å². The van der Waals surface area contributed by atoms with Crippen LogP contribution < -0.4 is 10.2 Å². The lowest BCUT2D eigenvalue weighted by Crippen LogP contribution is -2.57. The molecule has 2 aliphatic heterocycles. The van der Waals surface area contributed by atoms with Crippen molar-refractivity contribution in [2.24, 2.45) is 0 Å². The number of benzene rings is 1. The van der Waals surface area contributed by atoms with Crippen LogP contribution in [0.4, 0.5) is 5.69 Å². The summed E-state index contributed by atoms with van der Waals surface area (Å²) in [5.41, 5.74) is 0.695. The highest BCUT2D eigenvalue weighted by molar-refractivity contribution is 5.93. The molecule has 1 aromatic rings. The largest absolute Gasteiger partial charge is 0.339 e. The molecule has 1 spiro atoms. The molecule has 3 rings (SSSR count). The monoisotopic (exact) mass is 283 g/mol. The molecule has 0 unspecified atom stereocenters. The fourth-order valence-electron chi connectivity index (χ4n) is 3.42. The molecule has 21 heavy (non-hydrogen) atoms. The number of rotatable bonds is 2. The molecule has 2 heterocycles. The fourth-order valence-corrected chi connectivity index (χ4v) is 3.42. The van der Waals surface area contributed by atoms with Crippen molar-refractivity contribution in [1.82, 2.24) is 10.2 Å². The van der Waals surface area contributed by atoms with Crippen molar-refractivity contribution in [1.29, 1.82) is 0 Å². The Morgan fingerprint density at radius 2 is 1.95 bits per heavy atom. The van der Waals surface area contributed by atoms with Crippen molar-refractivity contribution in [3.63, 3.8) is 0 Å². The van der Waals surface area contributed by atoms with Crippen LogP contribution in [0.15, 0.2) is 30.3 Å². The zero-order valence-electron chi connectivity index (χ0n) is 12.4. The number of anilines is 1. The maximum absolute atomic E-state index is 12.5. The average Bonchev–Trinajstić information content (AvgIpc) is 2.85. The Labute approximate surface area is 126 Å². The fraction of sp³-hybridized carbons (Fsp3) is 0.471. The summed E-state index contributed by atoms with van der Waals surface area (Å²) in [6.07, 6.45) is 7.15. The third kappa shape index (κ3) is 2.28. The Balaban J connectivity index is 1.83. The number of amides is 1. The molecule has 0 aliphatic carbocycles. The summed E-state index contributed by atoms with van der Waals surface area (Å²) in [5, 5.41) is 3.01. The average molecular weight is 283 g/mol. The molecule has 4 nitrogen and oxygen atoms in total. The number of likely N-dealkylation sites (tertiary alicyclic amines) is 1. The minimum atomic E-state index is -0.411. The van der Waals surface area contributed by atoms with Crippen LogP contribution in [0.25, 0.3) is 0 Å². The van der Waals surface area contributed by atoms with Gasteiger partial charge in [-0.15, -0.1) is 6.42 Å². The third-order valence-corrected chi connectivity index (χ3v) is 4.82. The molecule has 4 heteroatoms. The normalized spacial score (nSPS) is 22.9. The van der Waals surface area contributed by atoms with Gasteiger partial charge in [0.25, 0.3) is 0 Å². The second-order valence-electron chi connectivity index (χ2n) is 5.84. The first-order valence-electron chi connectivity index (χ1n) is 7.48. The molecular formula is C17H21N3O. The third-order valence-electron chi connectivity index (χ3n) is 4.82. The van der Waals surface area contributed by atoms with Crippen LogP contribution in [0.1, 0.15) is 19.8 Å². The lowest BCUT2D eigenvalue weighted by Gasteiger charge is -2.44. The molecule has 110 valence electrons. The molecule has 0 bridgehead atoms. The van der Waals surface area contributed by atoms with Crippen LogP contribution in [-0.2, 0) is 4.79 Å². The highest BCUT2D eigenvalue weighted by Crippen LogP contribution is 2.36. The number of nitrogens with one attached hydrogen (secondary N) is 1. The van der Waals surface area contributed by atoms with E-state index in [0.29, 0.717) is 6.67 Å². The van der Waals surface area contributed by atoms with Gasteiger partial charge in [-0.3, -0.25) is 9.69 Å². The highest BCUT2D eigenvalue weighted by atomic mass is 16.2. The predicted molar refractivity (Wildman–Crippen MR) is 83.8 cm³/mol. The minimum Gasteiger partial charge on any atom is -0.339 e. The van der Waals surface area contributed by atoms with Gasteiger partial charge >= 0.3 is 0 Å². The molecule has 2 aliphatic rings. The van der Waals surface area contributed by atoms with Gasteiger partial charge in [0.2, 0.25) is 5.91 Å². The summed E-state index contributed by atoms with van der Waals surface area (Å²) in [6.45, 7) is 4.36. The quantitative estimate of drug-likeness (QED) is 0.834. The lowest BCUT2D eigenvalue weighted by molar-refractivity contribution is -0.125. The maximum atomic E-state index is 12.5. The molecule has 1 aromatic carbocycles. The van der Waals surface area contributed by atoms with Crippen LogP contribution in [0.5, 0.6) is 0 Å². The number of piperidine rings is 1. The zero-order valence-corrected chi connectivity index (χ0v) is 12.4. The lowest BCUT2D eigenvalue weighted by atomic mass is 9.85. The topological polar surface area (TPSA) is 35.6 Å². The summed E-state index contributed by atoms with van der Waals surface area (Å²) >= 11 is 0. The van der Waals surface area contributed by atoms with Crippen molar-refractivity contribution in [3.05, 3.63) is 30.3 Å². The van der Waals surface area contributed by atoms with Gasteiger partial charge in [-0.2, -0.15) is 0 Å². The van der Waals surface area contributed by atoms with E-state index in [1.54, 1.807) is 0 Å². The van der Waals surface area contributed by atoms with Crippen LogP contribution in [-0.4, -0.2) is 42.1 Å². The van der Waals surface area contributed by atoms with E-state index in [2.05, 4.69) is 33.2 Å². The highest BCUT2D eigenvalue weighted by Gasteiger charge is 2.50. The summed E-state index contributed by atoms with van der Waals surface area (Å²) in [7, 11) is 0. The van der Waals surface area contributed by atoms with Crippen LogP contribution in [0.3, 0.4) is 0 Å². The number of carbonyl (C=O) groups excluding carboxylic acids is 1. The molecule has 0 saturated carbocycles. The first kappa shape index (κ1) is 14.0. The SMILES string of the molecule is C#C[C@@H](C)N1CCC2(CC1)C(=O)NCN2c1ccccc1. The van der Waals surface area contributed by atoms with Gasteiger partial charge in [-0.05, 0) is 31.9 Å². The van der Waals surface area contributed by atoms with Crippen LogP contribution in [0.2, 0.25) is 0 Å². The minimum absolute atomic E-state index is 0.136. The summed E-state index contributed by atoms with van der Waals surface area (Å²) < 4.78 is 0. The second kappa shape index (κ2) is 5.42. The van der Waals surface area contributed by atoms with Crippen molar-refractivity contribution in [2.45, 2.75) is 31.3 Å². The van der Waals surface area contributed by atoms with E-state index in [9.17, 15) is 4.79 Å². The number of hydrogen-bond donors (Lipinski definition) is 1. The van der Waals surface area contributed by atoms with E-state index < -0.39 is 5.54 Å². The molecule has 1 atom stereocenters. The molecule has 1 amide bonds. The number of carbonyl (C=O) groups is 1. The number of terminal acetylenes is 1. The van der Waals surface area contributed by atoms with Gasteiger partial charge in [0, 0.05) is 18.8 Å². The molecular weight excluding hydrogens is 262 g/mol. The van der Waals surface area contributed by atoms with Gasteiger partial charge in [0.05, 0.1) is 12.7 Å². The van der Waals surface area contributed by atoms with Gasteiger partial charge in [-0.25, -0.2) is 0 Å². The molecule has 2 saturated heterocycles. The van der Waals surface area contributed by atoms with Crippen molar-refractivity contribution < 1.29 is 4.79 Å².